The van der Waals surface area contributed by atoms with Crippen LogP contribution < -0.4 is 10.1 Å². The maximum atomic E-state index is 12.4. The summed E-state index contributed by atoms with van der Waals surface area (Å²) in [6.45, 7) is 0.486. The van der Waals surface area contributed by atoms with Crippen molar-refractivity contribution in [1.29, 1.82) is 0 Å². The van der Waals surface area contributed by atoms with Crippen molar-refractivity contribution in [3.63, 3.8) is 0 Å². The Morgan fingerprint density at radius 3 is 2.80 bits per heavy atom. The second-order valence-electron chi connectivity index (χ2n) is 6.48. The van der Waals surface area contributed by atoms with Crippen LogP contribution in [0.15, 0.2) is 24.3 Å². The Morgan fingerprint density at radius 1 is 1.32 bits per heavy atom. The molecule has 7 nitrogen and oxygen atoms in total. The number of carbonyl (C=O) groups excluding carboxylic acids is 2. The smallest absolute Gasteiger partial charge is 0.335 e. The highest BCUT2D eigenvalue weighted by Gasteiger charge is 2.53. The topological polar surface area (TPSA) is 102 Å². The van der Waals surface area contributed by atoms with E-state index in [1.165, 1.54) is 12.1 Å². The molecule has 1 aliphatic heterocycles. The van der Waals surface area contributed by atoms with Crippen molar-refractivity contribution in [1.82, 2.24) is 5.32 Å². The summed E-state index contributed by atoms with van der Waals surface area (Å²) in [6.07, 6.45) is 3.57. The highest BCUT2D eigenvalue weighted by molar-refractivity contribution is 5.88. The Balaban J connectivity index is 1.49. The minimum absolute atomic E-state index is 0.132. The number of carboxylic acids is 1. The molecule has 0 radical (unpaired) electrons. The number of rotatable bonds is 6. The number of hydrogen-bond acceptors (Lipinski definition) is 5. The van der Waals surface area contributed by atoms with Crippen molar-refractivity contribution in [2.24, 2.45) is 5.92 Å². The van der Waals surface area contributed by atoms with Gasteiger partial charge in [-0.3, -0.25) is 9.59 Å². The summed E-state index contributed by atoms with van der Waals surface area (Å²) >= 11 is 0. The van der Waals surface area contributed by atoms with E-state index in [2.05, 4.69) is 5.32 Å². The maximum Gasteiger partial charge on any atom is 0.335 e. The van der Waals surface area contributed by atoms with E-state index in [9.17, 15) is 14.4 Å². The van der Waals surface area contributed by atoms with E-state index >= 15 is 0 Å². The highest BCUT2D eigenvalue weighted by Crippen LogP contribution is 2.45. The van der Waals surface area contributed by atoms with Gasteiger partial charge in [0.1, 0.15) is 18.0 Å². The fourth-order valence-corrected chi connectivity index (χ4v) is 3.63. The average molecular weight is 347 g/mol. The number of benzene rings is 1. The van der Waals surface area contributed by atoms with Crippen LogP contribution in [0.2, 0.25) is 0 Å². The van der Waals surface area contributed by atoms with Crippen molar-refractivity contribution in [3.05, 3.63) is 29.8 Å². The largest absolute Gasteiger partial charge is 0.492 e. The van der Waals surface area contributed by atoms with Gasteiger partial charge >= 0.3 is 11.9 Å². The van der Waals surface area contributed by atoms with Crippen LogP contribution in [0, 0.1) is 5.92 Å². The van der Waals surface area contributed by atoms with Gasteiger partial charge in [-0.05, 0) is 43.9 Å². The lowest BCUT2D eigenvalue weighted by Gasteiger charge is -2.27. The summed E-state index contributed by atoms with van der Waals surface area (Å²) in [5.74, 6) is -1.51. The van der Waals surface area contributed by atoms with Gasteiger partial charge < -0.3 is 19.9 Å². The first-order valence-electron chi connectivity index (χ1n) is 8.46. The van der Waals surface area contributed by atoms with E-state index in [1.807, 2.05) is 0 Å². The number of amides is 1. The second-order valence-corrected chi connectivity index (χ2v) is 6.48. The molecule has 134 valence electrons. The molecule has 1 atom stereocenters. The molecule has 2 N–H and O–H groups in total. The zero-order valence-electron chi connectivity index (χ0n) is 13.8. The molecule has 0 aromatic heterocycles. The molecule has 1 spiro atoms. The van der Waals surface area contributed by atoms with Crippen LogP contribution in [0.3, 0.4) is 0 Å². The van der Waals surface area contributed by atoms with E-state index in [1.54, 1.807) is 12.1 Å². The van der Waals surface area contributed by atoms with Crippen LogP contribution in [0.4, 0.5) is 0 Å². The van der Waals surface area contributed by atoms with E-state index < -0.39 is 17.5 Å². The van der Waals surface area contributed by atoms with E-state index in [0.29, 0.717) is 5.75 Å². The molecule has 1 saturated heterocycles. The zero-order valence-corrected chi connectivity index (χ0v) is 13.8. The first kappa shape index (κ1) is 17.3. The number of nitrogens with one attached hydrogen (secondary N) is 1. The molecular weight excluding hydrogens is 326 g/mol. The fraction of sp³-hybridized carbons (Fsp3) is 0.500. The number of esters is 1. The van der Waals surface area contributed by atoms with Crippen molar-refractivity contribution >= 4 is 17.8 Å². The van der Waals surface area contributed by atoms with Crippen LogP contribution in [-0.4, -0.2) is 41.7 Å². The molecule has 1 amide bonds. The lowest BCUT2D eigenvalue weighted by molar-refractivity contribution is -0.149. The minimum atomic E-state index is -1.02. The number of hydrogen-bond donors (Lipinski definition) is 2. The van der Waals surface area contributed by atoms with Crippen LogP contribution in [-0.2, 0) is 14.3 Å². The molecule has 1 aliphatic carbocycles. The predicted molar refractivity (Wildman–Crippen MR) is 87.3 cm³/mol. The Labute approximate surface area is 145 Å². The molecule has 0 bridgehead atoms. The Bertz CT molecular complexity index is 680. The maximum absolute atomic E-state index is 12.4. The molecule has 3 rings (SSSR count). The highest BCUT2D eigenvalue weighted by atomic mass is 16.6. The monoisotopic (exact) mass is 347 g/mol. The third-order valence-corrected chi connectivity index (χ3v) is 4.84. The average Bonchev–Trinajstić information content (AvgIpc) is 3.18. The first-order valence-corrected chi connectivity index (χ1v) is 8.46. The van der Waals surface area contributed by atoms with Gasteiger partial charge in [0, 0.05) is 0 Å². The number of carboxylic acid groups (broad SMARTS) is 1. The van der Waals surface area contributed by atoms with E-state index in [4.69, 9.17) is 14.6 Å². The van der Waals surface area contributed by atoms with Crippen molar-refractivity contribution in [2.75, 3.05) is 13.2 Å². The van der Waals surface area contributed by atoms with Crippen molar-refractivity contribution in [3.8, 4) is 5.75 Å². The normalized spacial score (nSPS) is 21.1. The molecule has 0 unspecified atom stereocenters. The number of carbonyl (C=O) groups is 3. The Morgan fingerprint density at radius 2 is 2.08 bits per heavy atom. The standard InChI is InChI=1S/C18H21NO6/c20-15-11-14(18(25-15)6-1-2-7-18)16(21)19-8-9-24-13-5-3-4-12(10-13)17(22)23/h3-5,10,14H,1-2,6-9,11H2,(H,19,21)(H,22,23)/t14-/m0/s1. The van der Waals surface area contributed by atoms with Gasteiger partial charge in [0.15, 0.2) is 0 Å². The fourth-order valence-electron chi connectivity index (χ4n) is 3.63. The summed E-state index contributed by atoms with van der Waals surface area (Å²) in [5, 5.41) is 11.7. The van der Waals surface area contributed by atoms with Crippen molar-refractivity contribution in [2.45, 2.75) is 37.7 Å². The molecule has 1 saturated carbocycles. The van der Waals surface area contributed by atoms with Gasteiger partial charge in [0.05, 0.1) is 24.4 Å². The molecule has 1 heterocycles. The van der Waals surface area contributed by atoms with Gasteiger partial charge in [0.2, 0.25) is 5.91 Å². The minimum Gasteiger partial charge on any atom is -0.492 e. The first-order chi connectivity index (χ1) is 12.0. The third-order valence-electron chi connectivity index (χ3n) is 4.84. The van der Waals surface area contributed by atoms with Gasteiger partial charge in [0.25, 0.3) is 0 Å². The summed E-state index contributed by atoms with van der Waals surface area (Å²) < 4.78 is 10.9. The van der Waals surface area contributed by atoms with Crippen molar-refractivity contribution < 1.29 is 29.0 Å². The summed E-state index contributed by atoms with van der Waals surface area (Å²) in [7, 11) is 0. The number of aromatic carboxylic acids is 1. The molecule has 2 aliphatic rings. The van der Waals surface area contributed by atoms with E-state index in [-0.39, 0.29) is 37.0 Å². The molecule has 25 heavy (non-hydrogen) atoms. The lowest BCUT2D eigenvalue weighted by Crippen LogP contribution is -2.43. The quantitative estimate of drug-likeness (QED) is 0.600. The SMILES string of the molecule is O=C1C[C@@H](C(=O)NCCOc2cccc(C(=O)O)c2)C2(CCCC2)O1. The molecule has 1 aromatic carbocycles. The Hall–Kier alpha value is -2.57. The van der Waals surface area contributed by atoms with Crippen LogP contribution >= 0.6 is 0 Å². The summed E-state index contributed by atoms with van der Waals surface area (Å²) in [6, 6.07) is 6.17. The molecular formula is C18H21NO6. The number of ether oxygens (including phenoxy) is 2. The van der Waals surface area contributed by atoms with Crippen LogP contribution in [0.5, 0.6) is 5.75 Å². The van der Waals surface area contributed by atoms with Gasteiger partial charge in [-0.25, -0.2) is 4.79 Å². The third kappa shape index (κ3) is 3.75. The molecule has 1 aromatic rings. The lowest BCUT2D eigenvalue weighted by atomic mass is 9.85. The van der Waals surface area contributed by atoms with Crippen LogP contribution in [0.25, 0.3) is 0 Å². The summed E-state index contributed by atoms with van der Waals surface area (Å²) in [4.78, 5) is 35.0. The predicted octanol–water partition coefficient (Wildman–Crippen LogP) is 1.76. The molecule has 2 fully saturated rings. The van der Waals surface area contributed by atoms with Gasteiger partial charge in [-0.2, -0.15) is 0 Å². The Kier molecular flexibility index (Phi) is 4.92. The zero-order chi connectivity index (χ0) is 17.9. The molecule has 7 heteroatoms. The van der Waals surface area contributed by atoms with Gasteiger partial charge in [-0.15, -0.1) is 0 Å². The van der Waals surface area contributed by atoms with Gasteiger partial charge in [-0.1, -0.05) is 6.07 Å². The second kappa shape index (κ2) is 7.13. The van der Waals surface area contributed by atoms with Crippen LogP contribution in [0.1, 0.15) is 42.5 Å². The summed E-state index contributed by atoms with van der Waals surface area (Å²) in [5.41, 5.74) is -0.469. The van der Waals surface area contributed by atoms with E-state index in [0.717, 1.165) is 25.7 Å².